The Balaban J connectivity index is 1.78. The van der Waals surface area contributed by atoms with Gasteiger partial charge in [0.25, 0.3) is 16.1 Å². The molecule has 1 aromatic heterocycles. The van der Waals surface area contributed by atoms with Crippen molar-refractivity contribution < 1.29 is 19.6 Å². The molecule has 2 aliphatic heterocycles. The Hall–Kier alpha value is -3.65. The highest BCUT2D eigenvalue weighted by molar-refractivity contribution is 7.71. The van der Waals surface area contributed by atoms with Crippen molar-refractivity contribution in [1.29, 1.82) is 0 Å². The highest BCUT2D eigenvalue weighted by Crippen LogP contribution is 2.49. The summed E-state index contributed by atoms with van der Waals surface area (Å²) in [6.45, 7) is 0.114. The molecule has 6 rings (SSSR count). The quantitative estimate of drug-likeness (QED) is 0.574. The molecule has 1 atom stereocenters. The molecule has 0 bridgehead atoms. The summed E-state index contributed by atoms with van der Waals surface area (Å²) in [5.41, 5.74) is 4.05. The van der Waals surface area contributed by atoms with Gasteiger partial charge in [-0.15, -0.1) is 0 Å². The van der Waals surface area contributed by atoms with Crippen LogP contribution in [-0.2, 0) is 14.1 Å². The predicted molar refractivity (Wildman–Crippen MR) is 117 cm³/mol. The number of ether oxygens (including phenoxy) is 2. The van der Waals surface area contributed by atoms with E-state index in [2.05, 4.69) is 4.99 Å². The summed E-state index contributed by atoms with van der Waals surface area (Å²) >= 11 is 5.49. The third kappa shape index (κ3) is 2.25. The smallest absolute Gasteiger partial charge is 0.291 e. The number of aromatic nitrogens is 2. The van der Waals surface area contributed by atoms with E-state index in [1.54, 1.807) is 11.6 Å². The van der Waals surface area contributed by atoms with Crippen LogP contribution < -0.4 is 20.0 Å². The Morgan fingerprint density at radius 1 is 1.06 bits per heavy atom. The molecule has 2 aromatic carbocycles. The van der Waals surface area contributed by atoms with Crippen molar-refractivity contribution in [1.82, 2.24) is 9.13 Å². The maximum absolute atomic E-state index is 13.5. The zero-order chi connectivity index (χ0) is 21.4. The molecule has 2 N–H and O–H groups in total. The van der Waals surface area contributed by atoms with Gasteiger partial charge in [0.2, 0.25) is 6.79 Å². The molecular weight excluding hydrogens is 414 g/mol. The van der Waals surface area contributed by atoms with Crippen LogP contribution in [0.3, 0.4) is 0 Å². The van der Waals surface area contributed by atoms with Crippen LogP contribution in [0.15, 0.2) is 52.8 Å². The molecule has 3 heterocycles. The number of fused-ring (bicyclic) bond motifs is 5. The second-order valence-electron chi connectivity index (χ2n) is 7.79. The van der Waals surface area contributed by atoms with E-state index in [4.69, 9.17) is 21.7 Å². The molecular formula is C23H18N3O4S+. The number of aliphatic hydroxyl groups is 1. The van der Waals surface area contributed by atoms with Crippen molar-refractivity contribution in [2.24, 2.45) is 14.1 Å². The van der Waals surface area contributed by atoms with Crippen molar-refractivity contribution in [2.45, 2.75) is 5.92 Å². The van der Waals surface area contributed by atoms with Crippen LogP contribution in [0.1, 0.15) is 28.2 Å². The zero-order valence-corrected chi connectivity index (χ0v) is 17.6. The number of allylic oxidation sites excluding steroid dienone is 1. The van der Waals surface area contributed by atoms with E-state index < -0.39 is 5.92 Å². The second-order valence-corrected chi connectivity index (χ2v) is 8.16. The van der Waals surface area contributed by atoms with Gasteiger partial charge in [0, 0.05) is 23.7 Å². The molecule has 7 nitrogen and oxygen atoms in total. The van der Waals surface area contributed by atoms with Crippen LogP contribution in [0.25, 0.3) is 5.76 Å². The summed E-state index contributed by atoms with van der Waals surface area (Å²) in [6.07, 6.45) is 0. The number of para-hydroxylation sites is 1. The van der Waals surface area contributed by atoms with Gasteiger partial charge in [0.15, 0.2) is 11.5 Å². The van der Waals surface area contributed by atoms with Crippen LogP contribution in [0, 0.1) is 4.77 Å². The van der Waals surface area contributed by atoms with Gasteiger partial charge in [0.1, 0.15) is 17.0 Å². The molecule has 0 amide bonds. The average Bonchev–Trinajstić information content (AvgIpc) is 3.38. The van der Waals surface area contributed by atoms with Gasteiger partial charge in [0.05, 0.1) is 18.5 Å². The monoisotopic (exact) mass is 432 g/mol. The van der Waals surface area contributed by atoms with Gasteiger partial charge in [-0.3, -0.25) is 9.36 Å². The molecule has 3 aliphatic rings. The lowest BCUT2D eigenvalue weighted by Crippen LogP contribution is -2.72. The van der Waals surface area contributed by atoms with Crippen molar-refractivity contribution in [3.63, 3.8) is 0 Å². The third-order valence-electron chi connectivity index (χ3n) is 6.23. The largest absolute Gasteiger partial charge is 0.507 e. The lowest BCUT2D eigenvalue weighted by atomic mass is 9.81. The Morgan fingerprint density at radius 3 is 2.65 bits per heavy atom. The van der Waals surface area contributed by atoms with Gasteiger partial charge < -0.3 is 14.6 Å². The maximum atomic E-state index is 13.5. The second kappa shape index (κ2) is 6.18. The number of hydrogen-bond donors (Lipinski definition) is 2. The van der Waals surface area contributed by atoms with Crippen LogP contribution in [0.2, 0.25) is 0 Å². The summed E-state index contributed by atoms with van der Waals surface area (Å²) in [7, 11) is 3.49. The molecule has 0 saturated carbocycles. The minimum absolute atomic E-state index is 0.114. The normalized spacial score (nSPS) is 17.9. The topological polar surface area (TPSA) is 79.6 Å². The van der Waals surface area contributed by atoms with Crippen molar-refractivity contribution in [3.8, 4) is 11.5 Å². The van der Waals surface area contributed by atoms with Gasteiger partial charge in [-0.2, -0.15) is 0 Å². The molecule has 0 spiro atoms. The van der Waals surface area contributed by atoms with E-state index in [9.17, 15) is 9.90 Å². The average molecular weight is 432 g/mol. The summed E-state index contributed by atoms with van der Waals surface area (Å²) < 4.78 is 15.0. The highest BCUT2D eigenvalue weighted by Gasteiger charge is 2.45. The first-order chi connectivity index (χ1) is 15.0. The van der Waals surface area contributed by atoms with Crippen molar-refractivity contribution >= 4 is 29.5 Å². The van der Waals surface area contributed by atoms with Crippen LogP contribution in [0.5, 0.6) is 11.5 Å². The van der Waals surface area contributed by atoms with Crippen LogP contribution in [-0.4, -0.2) is 26.7 Å². The first kappa shape index (κ1) is 18.1. The van der Waals surface area contributed by atoms with Gasteiger partial charge in [-0.05, 0) is 24.4 Å². The van der Waals surface area contributed by atoms with E-state index in [0.29, 0.717) is 33.2 Å². The summed E-state index contributed by atoms with van der Waals surface area (Å²) in [5.74, 6) is 1.41. The Morgan fingerprint density at radius 2 is 1.84 bits per heavy atom. The molecule has 8 heteroatoms. The molecule has 0 fully saturated rings. The number of nitrogens with zero attached hydrogens (tertiary/aromatic N) is 2. The van der Waals surface area contributed by atoms with Crippen LogP contribution in [0.4, 0.5) is 5.82 Å². The lowest BCUT2D eigenvalue weighted by Gasteiger charge is -2.25. The fourth-order valence-electron chi connectivity index (χ4n) is 4.77. The Bertz CT molecular complexity index is 1500. The van der Waals surface area contributed by atoms with E-state index in [0.717, 1.165) is 22.4 Å². The standard InChI is InChI=1S/C23H17N3O4S/c1-25-21-17(22(28)26(2)23(25)31)15(13-8-5-9-14-20(13)30-10-29-14)16-18(24-21)11-6-3-4-7-12(11)19(16)27/h3-9,15,27H,10H2,1-2H3/p+1. The molecule has 3 aromatic rings. The van der Waals surface area contributed by atoms with Gasteiger partial charge in [-0.25, -0.2) is 9.56 Å². The number of rotatable bonds is 1. The van der Waals surface area contributed by atoms with E-state index >= 15 is 0 Å². The Labute approximate surface area is 182 Å². The van der Waals surface area contributed by atoms with Gasteiger partial charge in [-0.1, -0.05) is 30.3 Å². The third-order valence-corrected chi connectivity index (χ3v) is 6.78. The molecule has 0 saturated heterocycles. The maximum Gasteiger partial charge on any atom is 0.291 e. The van der Waals surface area contributed by atoms with Crippen molar-refractivity contribution in [2.75, 3.05) is 6.79 Å². The molecule has 154 valence electrons. The number of aliphatic hydroxyl groups excluding tert-OH is 1. The van der Waals surface area contributed by atoms with E-state index in [1.807, 2.05) is 49.5 Å². The predicted octanol–water partition coefficient (Wildman–Crippen LogP) is 1.81. The molecule has 1 aliphatic carbocycles. The van der Waals surface area contributed by atoms with Gasteiger partial charge >= 0.3 is 0 Å². The first-order valence-corrected chi connectivity index (χ1v) is 10.3. The van der Waals surface area contributed by atoms with Crippen LogP contribution >= 0.6 is 12.2 Å². The number of nitrogens with one attached hydrogen (secondary N) is 1. The van der Waals surface area contributed by atoms with E-state index in [-0.39, 0.29) is 18.1 Å². The lowest BCUT2D eigenvalue weighted by molar-refractivity contribution is -0.363. The summed E-state index contributed by atoms with van der Waals surface area (Å²) in [4.78, 5) is 16.9. The summed E-state index contributed by atoms with van der Waals surface area (Å²) in [5, 5.41) is 11.3. The first-order valence-electron chi connectivity index (χ1n) is 9.84. The molecule has 1 unspecified atom stereocenters. The molecule has 31 heavy (non-hydrogen) atoms. The molecule has 0 radical (unpaired) electrons. The number of benzene rings is 2. The fraction of sp³-hybridized carbons (Fsp3) is 0.174. The van der Waals surface area contributed by atoms with Crippen molar-refractivity contribution in [3.05, 3.63) is 85.4 Å². The highest BCUT2D eigenvalue weighted by atomic mass is 32.1. The number of hydrogen-bond acceptors (Lipinski definition) is 5. The minimum Gasteiger partial charge on any atom is -0.507 e. The zero-order valence-electron chi connectivity index (χ0n) is 16.8. The SMILES string of the molecule is Cn1c2c(c(=O)n(C)c1=S)C(c1cccc3c1OCO3)C1=C(O)c3ccccc3C1=[NH+]2. The summed E-state index contributed by atoms with van der Waals surface area (Å²) in [6, 6.07) is 13.2. The minimum atomic E-state index is -0.559. The fourth-order valence-corrected chi connectivity index (χ4v) is 4.94. The Kier molecular flexibility index (Phi) is 3.62. The van der Waals surface area contributed by atoms with E-state index in [1.165, 1.54) is 4.57 Å².